The van der Waals surface area contributed by atoms with Gasteiger partial charge in [-0.25, -0.2) is 9.38 Å². The highest BCUT2D eigenvalue weighted by Gasteiger charge is 2.20. The molecule has 0 aliphatic heterocycles. The van der Waals surface area contributed by atoms with Crippen molar-refractivity contribution in [2.45, 2.75) is 39.7 Å². The number of ether oxygens (including phenoxy) is 1. The number of hydrogen-bond donors (Lipinski definition) is 2. The first-order chi connectivity index (χ1) is 11.2. The van der Waals surface area contributed by atoms with Crippen LogP contribution in [0.2, 0.25) is 0 Å². The van der Waals surface area contributed by atoms with Crippen molar-refractivity contribution in [1.29, 1.82) is 0 Å². The maximum atomic E-state index is 13.5. The van der Waals surface area contributed by atoms with Gasteiger partial charge in [0.05, 0.1) is 6.54 Å². The van der Waals surface area contributed by atoms with Crippen molar-refractivity contribution in [3.63, 3.8) is 0 Å². The molecule has 1 aliphatic carbocycles. The SMILES string of the molecule is CCNC(=NCc1ccc(C)c(F)c1)NCCCOCC1CC1.I. The normalized spacial score (nSPS) is 14.2. The van der Waals surface area contributed by atoms with Crippen LogP contribution >= 0.6 is 24.0 Å². The molecule has 0 bridgehead atoms. The van der Waals surface area contributed by atoms with Gasteiger partial charge < -0.3 is 15.4 Å². The van der Waals surface area contributed by atoms with E-state index >= 15 is 0 Å². The van der Waals surface area contributed by atoms with Crippen molar-refractivity contribution in [1.82, 2.24) is 10.6 Å². The van der Waals surface area contributed by atoms with E-state index in [0.717, 1.165) is 50.2 Å². The largest absolute Gasteiger partial charge is 0.381 e. The molecule has 6 heteroatoms. The van der Waals surface area contributed by atoms with Gasteiger partial charge in [-0.05, 0) is 56.2 Å². The maximum Gasteiger partial charge on any atom is 0.191 e. The van der Waals surface area contributed by atoms with Crippen LogP contribution in [0.25, 0.3) is 0 Å². The zero-order valence-corrected chi connectivity index (χ0v) is 16.9. The van der Waals surface area contributed by atoms with E-state index in [1.54, 1.807) is 19.1 Å². The summed E-state index contributed by atoms with van der Waals surface area (Å²) in [6, 6.07) is 5.25. The molecule has 0 radical (unpaired) electrons. The lowest BCUT2D eigenvalue weighted by Crippen LogP contribution is -2.38. The van der Waals surface area contributed by atoms with Gasteiger partial charge in [0.15, 0.2) is 5.96 Å². The first-order valence-corrected chi connectivity index (χ1v) is 8.54. The average Bonchev–Trinajstić information content (AvgIpc) is 3.35. The van der Waals surface area contributed by atoms with Gasteiger partial charge in [0, 0.05) is 26.3 Å². The summed E-state index contributed by atoms with van der Waals surface area (Å²) in [5, 5.41) is 6.49. The number of nitrogens with one attached hydrogen (secondary N) is 2. The Balaban J connectivity index is 0.00000288. The zero-order chi connectivity index (χ0) is 16.5. The van der Waals surface area contributed by atoms with E-state index in [1.165, 1.54) is 12.8 Å². The maximum absolute atomic E-state index is 13.5. The van der Waals surface area contributed by atoms with Gasteiger partial charge in [-0.2, -0.15) is 0 Å². The number of halogens is 2. The van der Waals surface area contributed by atoms with Crippen molar-refractivity contribution in [2.75, 3.05) is 26.3 Å². The molecule has 1 aromatic rings. The highest BCUT2D eigenvalue weighted by molar-refractivity contribution is 14.0. The number of aryl methyl sites for hydroxylation is 1. The van der Waals surface area contributed by atoms with E-state index in [4.69, 9.17) is 4.74 Å². The summed E-state index contributed by atoms with van der Waals surface area (Å²) in [5.74, 6) is 1.40. The van der Waals surface area contributed by atoms with Crippen LogP contribution in [-0.2, 0) is 11.3 Å². The molecule has 0 spiro atoms. The second-order valence-electron chi connectivity index (χ2n) is 6.08. The Morgan fingerprint density at radius 1 is 1.33 bits per heavy atom. The van der Waals surface area contributed by atoms with Crippen molar-refractivity contribution in [3.8, 4) is 0 Å². The van der Waals surface area contributed by atoms with Gasteiger partial charge in [0.2, 0.25) is 0 Å². The summed E-state index contributed by atoms with van der Waals surface area (Å²) in [6.07, 6.45) is 3.61. The van der Waals surface area contributed by atoms with Crippen LogP contribution in [0, 0.1) is 18.7 Å². The van der Waals surface area contributed by atoms with Gasteiger partial charge in [-0.3, -0.25) is 0 Å². The fourth-order valence-electron chi connectivity index (χ4n) is 2.16. The molecule has 0 amide bonds. The van der Waals surface area contributed by atoms with Crippen molar-refractivity contribution in [3.05, 3.63) is 35.1 Å². The second-order valence-corrected chi connectivity index (χ2v) is 6.08. The van der Waals surface area contributed by atoms with Gasteiger partial charge in [-0.1, -0.05) is 12.1 Å². The minimum absolute atomic E-state index is 0. The molecule has 2 rings (SSSR count). The highest BCUT2D eigenvalue weighted by Crippen LogP contribution is 2.28. The van der Waals surface area contributed by atoms with E-state index in [-0.39, 0.29) is 29.8 Å². The summed E-state index contributed by atoms with van der Waals surface area (Å²) in [7, 11) is 0. The molecule has 136 valence electrons. The van der Waals surface area contributed by atoms with Crippen LogP contribution in [0.5, 0.6) is 0 Å². The molecule has 4 nitrogen and oxygen atoms in total. The topological polar surface area (TPSA) is 45.7 Å². The van der Waals surface area contributed by atoms with E-state index in [1.807, 2.05) is 13.0 Å². The Bertz CT molecular complexity index is 521. The predicted molar refractivity (Wildman–Crippen MR) is 108 cm³/mol. The van der Waals surface area contributed by atoms with Crippen LogP contribution in [0.3, 0.4) is 0 Å². The fraction of sp³-hybridized carbons (Fsp3) is 0.611. The molecule has 0 unspecified atom stereocenters. The zero-order valence-electron chi connectivity index (χ0n) is 14.6. The van der Waals surface area contributed by atoms with Crippen molar-refractivity contribution >= 4 is 29.9 Å². The third-order valence-electron chi connectivity index (χ3n) is 3.81. The van der Waals surface area contributed by atoms with Gasteiger partial charge >= 0.3 is 0 Å². The Hall–Kier alpha value is -0.890. The highest BCUT2D eigenvalue weighted by atomic mass is 127. The first kappa shape index (κ1) is 21.2. The van der Waals surface area contributed by atoms with E-state index in [0.29, 0.717) is 12.1 Å². The fourth-order valence-corrected chi connectivity index (χ4v) is 2.16. The monoisotopic (exact) mass is 449 g/mol. The third kappa shape index (κ3) is 8.28. The van der Waals surface area contributed by atoms with Crippen LogP contribution in [0.15, 0.2) is 23.2 Å². The molecule has 0 atom stereocenters. The molecule has 0 heterocycles. The van der Waals surface area contributed by atoms with Crippen molar-refractivity contribution in [2.24, 2.45) is 10.9 Å². The molecule has 1 saturated carbocycles. The van der Waals surface area contributed by atoms with E-state index in [2.05, 4.69) is 15.6 Å². The molecule has 2 N–H and O–H groups in total. The van der Waals surface area contributed by atoms with E-state index < -0.39 is 0 Å². The van der Waals surface area contributed by atoms with E-state index in [9.17, 15) is 4.39 Å². The number of benzene rings is 1. The average molecular weight is 449 g/mol. The molecule has 24 heavy (non-hydrogen) atoms. The summed E-state index contributed by atoms with van der Waals surface area (Å²) < 4.78 is 19.2. The molecular formula is C18H29FIN3O. The summed E-state index contributed by atoms with van der Waals surface area (Å²) in [6.45, 7) is 7.57. The molecule has 1 fully saturated rings. The van der Waals surface area contributed by atoms with Crippen LogP contribution in [-0.4, -0.2) is 32.3 Å². The second kappa shape index (κ2) is 11.6. The Labute approximate surface area is 161 Å². The Kier molecular flexibility index (Phi) is 10.2. The lowest BCUT2D eigenvalue weighted by atomic mass is 10.1. The van der Waals surface area contributed by atoms with Crippen molar-refractivity contribution < 1.29 is 9.13 Å². The summed E-state index contributed by atoms with van der Waals surface area (Å²) in [4.78, 5) is 4.50. The van der Waals surface area contributed by atoms with Gasteiger partial charge in [-0.15, -0.1) is 24.0 Å². The number of nitrogens with zero attached hydrogens (tertiary/aromatic N) is 1. The summed E-state index contributed by atoms with van der Waals surface area (Å²) in [5.41, 5.74) is 1.53. The molecule has 1 aliphatic rings. The van der Waals surface area contributed by atoms with Gasteiger partial charge in [0.1, 0.15) is 5.82 Å². The number of hydrogen-bond acceptors (Lipinski definition) is 2. The minimum atomic E-state index is -0.177. The van der Waals surface area contributed by atoms with Gasteiger partial charge in [0.25, 0.3) is 0 Å². The molecule has 1 aromatic carbocycles. The number of rotatable bonds is 9. The third-order valence-corrected chi connectivity index (χ3v) is 3.81. The van der Waals surface area contributed by atoms with Crippen LogP contribution in [0.1, 0.15) is 37.3 Å². The number of guanidine groups is 1. The Morgan fingerprint density at radius 3 is 2.79 bits per heavy atom. The quantitative estimate of drug-likeness (QED) is 0.262. The first-order valence-electron chi connectivity index (χ1n) is 8.54. The number of aliphatic imine (C=N–C) groups is 1. The smallest absolute Gasteiger partial charge is 0.191 e. The Morgan fingerprint density at radius 2 is 2.12 bits per heavy atom. The minimum Gasteiger partial charge on any atom is -0.381 e. The standard InChI is InChI=1S/C18H28FN3O.HI/c1-3-20-18(21-9-4-10-23-13-15-7-8-15)22-12-16-6-5-14(2)17(19)11-16;/h5-6,11,15H,3-4,7-10,12-13H2,1-2H3,(H2,20,21,22);1H. The molecule has 0 aromatic heterocycles. The summed E-state index contributed by atoms with van der Waals surface area (Å²) >= 11 is 0. The predicted octanol–water partition coefficient (Wildman–Crippen LogP) is 3.62. The lowest BCUT2D eigenvalue weighted by Gasteiger charge is -2.11. The molecular weight excluding hydrogens is 420 g/mol. The van der Waals surface area contributed by atoms with Crippen LogP contribution in [0.4, 0.5) is 4.39 Å². The lowest BCUT2D eigenvalue weighted by molar-refractivity contribution is 0.123. The van der Waals surface area contributed by atoms with Crippen LogP contribution < -0.4 is 10.6 Å². The molecule has 0 saturated heterocycles.